The van der Waals surface area contributed by atoms with Gasteiger partial charge in [-0.1, -0.05) is 0 Å². The Morgan fingerprint density at radius 1 is 1.14 bits per heavy atom. The number of rotatable bonds is 4. The van der Waals surface area contributed by atoms with Gasteiger partial charge in [-0.05, 0) is 0 Å². The van der Waals surface area contributed by atoms with Gasteiger partial charge in [0.15, 0.2) is 0 Å². The van der Waals surface area contributed by atoms with E-state index in [-0.39, 0.29) is 18.9 Å². The van der Waals surface area contributed by atoms with Crippen LogP contribution in [0.2, 0.25) is 0 Å². The van der Waals surface area contributed by atoms with E-state index < -0.39 is 32.5 Å². The van der Waals surface area contributed by atoms with Crippen LogP contribution in [-0.2, 0) is 14.3 Å². The Bertz CT molecular complexity index is 145. The first kappa shape index (κ1) is 19.1. The molecular weight excluding hydrogens is 194 g/mol. The molecule has 0 saturated heterocycles. The summed E-state index contributed by atoms with van der Waals surface area (Å²) in [4.78, 5) is 19.3. The van der Waals surface area contributed by atoms with Crippen LogP contribution in [-0.4, -0.2) is 52.7 Å². The molecule has 10 heteroatoms. The van der Waals surface area contributed by atoms with E-state index in [4.69, 9.17) is 25.3 Å². The molecule has 0 bridgehead atoms. The van der Waals surface area contributed by atoms with E-state index in [0.717, 1.165) is 0 Å². The van der Waals surface area contributed by atoms with Crippen LogP contribution in [0, 0.1) is 0 Å². The molecule has 0 atom stereocenters. The summed E-state index contributed by atoms with van der Waals surface area (Å²) in [6.07, 6.45) is 0. The first-order valence-electron chi connectivity index (χ1n) is 2.89. The van der Waals surface area contributed by atoms with E-state index in [2.05, 4.69) is 4.74 Å². The maximum Gasteiger partial charge on any atom is 1.00 e. The molecule has 0 aliphatic heterocycles. The van der Waals surface area contributed by atoms with Crippen LogP contribution in [0.25, 0.3) is 0 Å². The van der Waals surface area contributed by atoms with Gasteiger partial charge in [0.1, 0.15) is 13.2 Å². The number of carboxylic acids is 2. The van der Waals surface area contributed by atoms with Gasteiger partial charge in [-0.15, -0.1) is 0 Å². The van der Waals surface area contributed by atoms with Crippen molar-refractivity contribution in [2.24, 2.45) is 0 Å². The van der Waals surface area contributed by atoms with Gasteiger partial charge in [0, 0.05) is 0 Å². The standard InChI is InChI=1S/C4H6O5.BH2O3.Li/c5-3(6)1-9-2-4(7)8;2-1(3)4;/h1-2H2,(H,5,6)(H,7,8);2-3H;/q;-1;+1. The number of carboxylic acid groups (broad SMARTS) is 2. The van der Waals surface area contributed by atoms with Gasteiger partial charge in [0.05, 0.1) is 0 Å². The minimum atomic E-state index is -2.42. The molecule has 0 heterocycles. The first-order chi connectivity index (χ1) is 5.86. The second-order valence-corrected chi connectivity index (χ2v) is 1.61. The number of carbonyl (C=O) groups is 2. The van der Waals surface area contributed by atoms with Crippen LogP contribution >= 0.6 is 0 Å². The number of hydrogen-bond donors (Lipinski definition) is 4. The van der Waals surface area contributed by atoms with Crippen molar-refractivity contribution < 1.29 is 58.5 Å². The third kappa shape index (κ3) is 42.1. The molecule has 0 aliphatic rings. The molecule has 0 amide bonds. The summed E-state index contributed by atoms with van der Waals surface area (Å²) in [5.41, 5.74) is 0. The van der Waals surface area contributed by atoms with Gasteiger partial charge < -0.3 is 30.0 Å². The van der Waals surface area contributed by atoms with E-state index in [9.17, 15) is 9.59 Å². The molecule has 14 heavy (non-hydrogen) atoms. The molecule has 0 aromatic carbocycles. The van der Waals surface area contributed by atoms with Gasteiger partial charge >= 0.3 is 38.1 Å². The van der Waals surface area contributed by atoms with Crippen molar-refractivity contribution in [3.8, 4) is 0 Å². The summed E-state index contributed by atoms with van der Waals surface area (Å²) in [6.45, 7) is -1.13. The Hall–Kier alpha value is -0.558. The third-order valence-corrected chi connectivity index (χ3v) is 0.451. The number of ether oxygens (including phenoxy) is 1. The predicted octanol–water partition coefficient (Wildman–Crippen LogP) is -6.51. The van der Waals surface area contributed by atoms with E-state index in [1.165, 1.54) is 0 Å². The molecule has 0 radical (unpaired) electrons. The monoisotopic (exact) mass is 202 g/mol. The van der Waals surface area contributed by atoms with Gasteiger partial charge in [-0.3, -0.25) is 0 Å². The van der Waals surface area contributed by atoms with Gasteiger partial charge in [0.25, 0.3) is 0 Å². The van der Waals surface area contributed by atoms with Crippen molar-refractivity contribution in [3.63, 3.8) is 0 Å². The SMILES string of the molecule is O=C(O)COCC(=O)O.[Li+].[O-]B(O)O. The molecule has 0 fully saturated rings. The minimum Gasteiger partial charge on any atom is -0.832 e. The summed E-state index contributed by atoms with van der Waals surface area (Å²) in [7, 11) is -2.42. The maximum atomic E-state index is 9.66. The van der Waals surface area contributed by atoms with Crippen molar-refractivity contribution >= 4 is 19.3 Å². The average molecular weight is 202 g/mol. The topological polar surface area (TPSA) is 147 Å². The number of aliphatic carboxylic acids is 2. The summed E-state index contributed by atoms with van der Waals surface area (Å²) >= 11 is 0. The van der Waals surface area contributed by atoms with Gasteiger partial charge in [-0.2, -0.15) is 0 Å². The zero-order valence-corrected chi connectivity index (χ0v) is 7.41. The van der Waals surface area contributed by atoms with E-state index in [1.807, 2.05) is 0 Å². The van der Waals surface area contributed by atoms with Crippen LogP contribution in [0.3, 0.4) is 0 Å². The summed E-state index contributed by atoms with van der Waals surface area (Å²) in [5, 5.41) is 38.6. The fraction of sp³-hybridized carbons (Fsp3) is 0.500. The Balaban J connectivity index is -0.000000209. The quantitative estimate of drug-likeness (QED) is 0.329. The molecule has 76 valence electrons. The third-order valence-electron chi connectivity index (χ3n) is 0.451. The molecule has 0 spiro atoms. The Kier molecular flexibility index (Phi) is 17.0. The van der Waals surface area contributed by atoms with Crippen molar-refractivity contribution in [1.29, 1.82) is 0 Å². The Morgan fingerprint density at radius 3 is 1.50 bits per heavy atom. The molecule has 0 aliphatic carbocycles. The van der Waals surface area contributed by atoms with Gasteiger partial charge in [-0.25, -0.2) is 9.59 Å². The van der Waals surface area contributed by atoms with Crippen molar-refractivity contribution in [3.05, 3.63) is 0 Å². The molecule has 0 rings (SSSR count). The normalized spacial score (nSPS) is 7.64. The molecule has 0 aromatic rings. The molecular formula is C4H8BLiO8. The smallest absolute Gasteiger partial charge is 0.832 e. The zero-order chi connectivity index (χ0) is 10.9. The van der Waals surface area contributed by atoms with E-state index in [1.54, 1.807) is 0 Å². The molecule has 4 N–H and O–H groups in total. The first-order valence-corrected chi connectivity index (χ1v) is 2.89. The fourth-order valence-electron chi connectivity index (χ4n) is 0.226. The van der Waals surface area contributed by atoms with Crippen LogP contribution in [0.5, 0.6) is 0 Å². The van der Waals surface area contributed by atoms with Crippen LogP contribution < -0.4 is 23.9 Å². The minimum absolute atomic E-state index is 0. The average Bonchev–Trinajstić information content (AvgIpc) is 1.83. The molecule has 0 unspecified atom stereocenters. The van der Waals surface area contributed by atoms with Crippen LogP contribution in [0.1, 0.15) is 0 Å². The number of hydrogen-bond acceptors (Lipinski definition) is 6. The Labute approximate surface area is 91.5 Å². The molecule has 8 nitrogen and oxygen atoms in total. The largest absolute Gasteiger partial charge is 1.00 e. The van der Waals surface area contributed by atoms with E-state index in [0.29, 0.717) is 0 Å². The maximum absolute atomic E-state index is 9.66. The van der Waals surface area contributed by atoms with E-state index >= 15 is 0 Å². The second kappa shape index (κ2) is 12.4. The van der Waals surface area contributed by atoms with Crippen molar-refractivity contribution in [2.45, 2.75) is 0 Å². The van der Waals surface area contributed by atoms with Gasteiger partial charge in [0.2, 0.25) is 0 Å². The van der Waals surface area contributed by atoms with Crippen LogP contribution in [0.15, 0.2) is 0 Å². The summed E-state index contributed by atoms with van der Waals surface area (Å²) < 4.78 is 4.16. The van der Waals surface area contributed by atoms with Crippen molar-refractivity contribution in [1.82, 2.24) is 0 Å². The predicted molar refractivity (Wildman–Crippen MR) is 36.3 cm³/mol. The fourth-order valence-corrected chi connectivity index (χ4v) is 0.226. The van der Waals surface area contributed by atoms with Crippen LogP contribution in [0.4, 0.5) is 0 Å². The summed E-state index contributed by atoms with van der Waals surface area (Å²) in [5.74, 6) is -2.34. The second-order valence-electron chi connectivity index (χ2n) is 1.61. The molecule has 0 saturated carbocycles. The summed E-state index contributed by atoms with van der Waals surface area (Å²) in [6, 6.07) is 0. The molecule has 0 aromatic heterocycles. The van der Waals surface area contributed by atoms with Crippen molar-refractivity contribution in [2.75, 3.05) is 13.2 Å². The Morgan fingerprint density at radius 2 is 1.36 bits per heavy atom. The zero-order valence-electron chi connectivity index (χ0n) is 7.41.